The average Bonchev–Trinajstić information content (AvgIpc) is 3.02. The number of morpholine rings is 1. The van der Waals surface area contributed by atoms with Gasteiger partial charge in [-0.05, 0) is 18.2 Å². The van der Waals surface area contributed by atoms with Gasteiger partial charge in [0.2, 0.25) is 5.91 Å². The van der Waals surface area contributed by atoms with E-state index in [9.17, 15) is 13.2 Å². The summed E-state index contributed by atoms with van der Waals surface area (Å²) in [6, 6.07) is 4.62. The van der Waals surface area contributed by atoms with E-state index in [0.717, 1.165) is 0 Å². The molecular weight excluding hydrogens is 352 g/mol. The molecule has 130 valence electrons. The molecule has 2 aromatic rings. The topological polar surface area (TPSA) is 89.7 Å². The molecule has 1 saturated heterocycles. The highest BCUT2D eigenvalue weighted by atomic mass is 32.2. The number of hydrogen-bond donors (Lipinski definition) is 0. The van der Waals surface area contributed by atoms with Crippen LogP contribution in [0.3, 0.4) is 0 Å². The fourth-order valence-electron chi connectivity index (χ4n) is 2.34. The zero-order chi connectivity index (χ0) is 17.2. The first-order valence-electron chi connectivity index (χ1n) is 7.61. The van der Waals surface area contributed by atoms with E-state index in [1.54, 1.807) is 17.9 Å². The molecule has 1 aliphatic rings. The SMILES string of the molecule is CCS(=O)(=O)c1ccc2oc(SCC(=O)N3CCOCC3)nc2c1. The lowest BCUT2D eigenvalue weighted by Gasteiger charge is -2.26. The molecule has 0 aliphatic carbocycles. The van der Waals surface area contributed by atoms with Crippen molar-refractivity contribution in [2.45, 2.75) is 17.0 Å². The zero-order valence-electron chi connectivity index (χ0n) is 13.2. The summed E-state index contributed by atoms with van der Waals surface area (Å²) < 4.78 is 34.6. The summed E-state index contributed by atoms with van der Waals surface area (Å²) in [5, 5.41) is 0.359. The summed E-state index contributed by atoms with van der Waals surface area (Å²) in [6.07, 6.45) is 0. The smallest absolute Gasteiger partial charge is 0.257 e. The van der Waals surface area contributed by atoms with Gasteiger partial charge in [-0.2, -0.15) is 0 Å². The van der Waals surface area contributed by atoms with Gasteiger partial charge in [-0.1, -0.05) is 18.7 Å². The van der Waals surface area contributed by atoms with Gasteiger partial charge < -0.3 is 14.1 Å². The van der Waals surface area contributed by atoms with Gasteiger partial charge in [0.1, 0.15) is 5.52 Å². The number of thioether (sulfide) groups is 1. The van der Waals surface area contributed by atoms with Crippen molar-refractivity contribution in [3.63, 3.8) is 0 Å². The summed E-state index contributed by atoms with van der Waals surface area (Å²) in [4.78, 5) is 18.4. The molecule has 0 bridgehead atoms. The van der Waals surface area contributed by atoms with Crippen molar-refractivity contribution >= 4 is 38.6 Å². The zero-order valence-corrected chi connectivity index (χ0v) is 14.9. The van der Waals surface area contributed by atoms with Crippen LogP contribution in [0.4, 0.5) is 0 Å². The molecule has 0 radical (unpaired) electrons. The van der Waals surface area contributed by atoms with Gasteiger partial charge in [-0.3, -0.25) is 4.79 Å². The molecule has 24 heavy (non-hydrogen) atoms. The van der Waals surface area contributed by atoms with Gasteiger partial charge in [-0.25, -0.2) is 13.4 Å². The Labute approximate surface area is 144 Å². The Morgan fingerprint density at radius 3 is 2.79 bits per heavy atom. The van der Waals surface area contributed by atoms with E-state index in [1.807, 2.05) is 0 Å². The van der Waals surface area contributed by atoms with E-state index in [0.29, 0.717) is 42.6 Å². The fraction of sp³-hybridized carbons (Fsp3) is 0.467. The Morgan fingerprint density at radius 2 is 2.08 bits per heavy atom. The summed E-state index contributed by atoms with van der Waals surface area (Å²) in [5.74, 6) is 0.277. The van der Waals surface area contributed by atoms with Gasteiger partial charge in [0.25, 0.3) is 5.22 Å². The van der Waals surface area contributed by atoms with E-state index in [-0.39, 0.29) is 22.3 Å². The van der Waals surface area contributed by atoms with Gasteiger partial charge in [0.05, 0.1) is 29.6 Å². The molecule has 7 nitrogen and oxygen atoms in total. The molecule has 0 spiro atoms. The highest BCUT2D eigenvalue weighted by Gasteiger charge is 2.19. The van der Waals surface area contributed by atoms with Crippen LogP contribution in [-0.4, -0.2) is 62.0 Å². The maximum absolute atomic E-state index is 12.1. The number of aromatic nitrogens is 1. The molecule has 3 rings (SSSR count). The number of ether oxygens (including phenoxy) is 1. The number of nitrogens with zero attached hydrogens (tertiary/aromatic N) is 2. The first-order chi connectivity index (χ1) is 11.5. The van der Waals surface area contributed by atoms with Gasteiger partial charge in [0, 0.05) is 13.1 Å². The van der Waals surface area contributed by atoms with Crippen LogP contribution in [0.1, 0.15) is 6.92 Å². The lowest BCUT2D eigenvalue weighted by Crippen LogP contribution is -2.41. The Hall–Kier alpha value is -1.58. The first-order valence-corrected chi connectivity index (χ1v) is 10.2. The van der Waals surface area contributed by atoms with Crippen LogP contribution in [0.2, 0.25) is 0 Å². The van der Waals surface area contributed by atoms with Crippen molar-refractivity contribution in [2.24, 2.45) is 0 Å². The van der Waals surface area contributed by atoms with Crippen LogP contribution >= 0.6 is 11.8 Å². The summed E-state index contributed by atoms with van der Waals surface area (Å²) in [6.45, 7) is 3.93. The molecule has 1 amide bonds. The third-order valence-electron chi connectivity index (χ3n) is 3.76. The maximum Gasteiger partial charge on any atom is 0.257 e. The Balaban J connectivity index is 1.70. The van der Waals surface area contributed by atoms with Crippen LogP contribution in [0, 0.1) is 0 Å². The molecule has 1 aromatic heterocycles. The van der Waals surface area contributed by atoms with Gasteiger partial charge >= 0.3 is 0 Å². The molecule has 1 aromatic carbocycles. The van der Waals surface area contributed by atoms with E-state index in [4.69, 9.17) is 9.15 Å². The highest BCUT2D eigenvalue weighted by molar-refractivity contribution is 7.99. The Bertz CT molecular complexity index is 841. The lowest BCUT2D eigenvalue weighted by molar-refractivity contribution is -0.132. The van der Waals surface area contributed by atoms with E-state index < -0.39 is 9.84 Å². The number of fused-ring (bicyclic) bond motifs is 1. The number of sulfone groups is 1. The largest absolute Gasteiger partial charge is 0.431 e. The summed E-state index contributed by atoms with van der Waals surface area (Å²) in [5.41, 5.74) is 0.984. The second-order valence-electron chi connectivity index (χ2n) is 5.29. The van der Waals surface area contributed by atoms with Crippen LogP contribution in [0.25, 0.3) is 11.1 Å². The van der Waals surface area contributed by atoms with Crippen molar-refractivity contribution in [3.8, 4) is 0 Å². The molecule has 1 fully saturated rings. The number of amides is 1. The normalized spacial score (nSPS) is 15.8. The third-order valence-corrected chi connectivity index (χ3v) is 6.31. The van der Waals surface area contributed by atoms with Gasteiger partial charge in [0.15, 0.2) is 15.4 Å². The van der Waals surface area contributed by atoms with Crippen LogP contribution in [-0.2, 0) is 19.4 Å². The molecule has 0 unspecified atom stereocenters. The summed E-state index contributed by atoms with van der Waals surface area (Å²) in [7, 11) is -3.28. The quantitative estimate of drug-likeness (QED) is 0.738. The average molecular weight is 370 g/mol. The van der Waals surface area contributed by atoms with Crippen molar-refractivity contribution in [1.29, 1.82) is 0 Å². The fourth-order valence-corrected chi connectivity index (χ4v) is 3.98. The molecule has 9 heteroatoms. The molecule has 0 saturated carbocycles. The molecule has 0 atom stereocenters. The lowest BCUT2D eigenvalue weighted by atomic mass is 10.3. The predicted molar refractivity (Wildman–Crippen MR) is 89.9 cm³/mol. The van der Waals surface area contributed by atoms with Crippen molar-refractivity contribution in [3.05, 3.63) is 18.2 Å². The number of rotatable bonds is 5. The van der Waals surface area contributed by atoms with Gasteiger partial charge in [-0.15, -0.1) is 0 Å². The van der Waals surface area contributed by atoms with E-state index >= 15 is 0 Å². The minimum absolute atomic E-state index is 0.0137. The Kier molecular flexibility index (Phi) is 5.12. The predicted octanol–water partition coefficient (Wildman–Crippen LogP) is 1.57. The Morgan fingerprint density at radius 1 is 1.33 bits per heavy atom. The van der Waals surface area contributed by atoms with Crippen molar-refractivity contribution in [1.82, 2.24) is 9.88 Å². The van der Waals surface area contributed by atoms with Crippen molar-refractivity contribution < 1.29 is 22.4 Å². The number of benzene rings is 1. The number of carbonyl (C=O) groups is 1. The third kappa shape index (κ3) is 3.73. The maximum atomic E-state index is 12.1. The number of carbonyl (C=O) groups excluding carboxylic acids is 1. The van der Waals surface area contributed by atoms with Crippen LogP contribution in [0.5, 0.6) is 0 Å². The molecule has 1 aliphatic heterocycles. The minimum Gasteiger partial charge on any atom is -0.431 e. The molecular formula is C15H18N2O5S2. The van der Waals surface area contributed by atoms with Crippen LogP contribution in [0.15, 0.2) is 32.7 Å². The monoisotopic (exact) mass is 370 g/mol. The minimum atomic E-state index is -3.28. The van der Waals surface area contributed by atoms with Crippen LogP contribution < -0.4 is 0 Å². The summed E-state index contributed by atoms with van der Waals surface area (Å²) >= 11 is 1.21. The van der Waals surface area contributed by atoms with E-state index in [2.05, 4.69) is 4.98 Å². The first kappa shape index (κ1) is 17.2. The highest BCUT2D eigenvalue weighted by Crippen LogP contribution is 2.26. The molecule has 2 heterocycles. The number of oxazole rings is 1. The second-order valence-corrected chi connectivity index (χ2v) is 8.50. The number of hydrogen-bond acceptors (Lipinski definition) is 7. The molecule has 0 N–H and O–H groups in total. The van der Waals surface area contributed by atoms with Crippen molar-refractivity contribution in [2.75, 3.05) is 37.8 Å². The second kappa shape index (κ2) is 7.12. The van der Waals surface area contributed by atoms with E-state index in [1.165, 1.54) is 23.9 Å². The standard InChI is InChI=1S/C15H18N2O5S2/c1-2-24(19,20)11-3-4-13-12(9-11)16-15(22-13)23-10-14(18)17-5-7-21-8-6-17/h3-4,9H,2,5-8,10H2,1H3.